The van der Waals surface area contributed by atoms with Gasteiger partial charge in [-0.15, -0.1) is 0 Å². The number of aromatic nitrogens is 5. The minimum absolute atomic E-state index is 0.0157. The number of rotatable bonds is 5. The molecule has 1 fully saturated rings. The summed E-state index contributed by atoms with van der Waals surface area (Å²) >= 11 is 5.85. The number of benzene rings is 1. The van der Waals surface area contributed by atoms with E-state index in [-0.39, 0.29) is 23.4 Å². The lowest BCUT2D eigenvalue weighted by molar-refractivity contribution is 0.0534. The van der Waals surface area contributed by atoms with Crippen molar-refractivity contribution in [2.24, 2.45) is 5.92 Å². The number of amides is 1. The number of nitrogens with zero attached hydrogens (tertiary/aromatic N) is 6. The minimum atomic E-state index is -0.550. The molecular weight excluding hydrogens is 421 g/mol. The molecule has 3 aromatic rings. The first kappa shape index (κ1) is 21.2. The van der Waals surface area contributed by atoms with Crippen molar-refractivity contribution in [3.8, 4) is 5.69 Å². The molecule has 0 aliphatic carbocycles. The Balaban J connectivity index is 1.64. The molecule has 162 valence electrons. The fourth-order valence-corrected chi connectivity index (χ4v) is 4.03. The molecule has 10 heteroatoms. The predicted molar refractivity (Wildman–Crippen MR) is 115 cm³/mol. The molecule has 1 N–H and O–H groups in total. The molecular formula is C21H23ClFN7O. The van der Waals surface area contributed by atoms with Crippen molar-refractivity contribution < 1.29 is 9.18 Å². The van der Waals surface area contributed by atoms with E-state index >= 15 is 4.39 Å². The highest BCUT2D eigenvalue weighted by molar-refractivity contribution is 6.30. The van der Waals surface area contributed by atoms with Crippen LogP contribution in [0.4, 0.5) is 10.3 Å². The van der Waals surface area contributed by atoms with Gasteiger partial charge in [0, 0.05) is 13.1 Å². The Bertz CT molecular complexity index is 1060. The highest BCUT2D eigenvalue weighted by Crippen LogP contribution is 2.29. The van der Waals surface area contributed by atoms with Crippen molar-refractivity contribution in [3.63, 3.8) is 0 Å². The van der Waals surface area contributed by atoms with Crippen LogP contribution in [-0.2, 0) is 0 Å². The first-order chi connectivity index (χ1) is 15.0. The maximum atomic E-state index is 15.2. The summed E-state index contributed by atoms with van der Waals surface area (Å²) in [4.78, 5) is 25.0. The Morgan fingerprint density at radius 3 is 2.68 bits per heavy atom. The second kappa shape index (κ2) is 8.97. The molecule has 2 unspecified atom stereocenters. The van der Waals surface area contributed by atoms with E-state index in [1.54, 1.807) is 24.0 Å². The zero-order valence-corrected chi connectivity index (χ0v) is 18.1. The van der Waals surface area contributed by atoms with Gasteiger partial charge in [-0.05, 0) is 37.3 Å². The van der Waals surface area contributed by atoms with Gasteiger partial charge in [0.2, 0.25) is 5.95 Å². The van der Waals surface area contributed by atoms with E-state index in [0.29, 0.717) is 35.3 Å². The van der Waals surface area contributed by atoms with Crippen LogP contribution in [0.25, 0.3) is 5.69 Å². The molecule has 1 aliphatic rings. The van der Waals surface area contributed by atoms with Crippen LogP contribution in [-0.4, -0.2) is 54.9 Å². The lowest BCUT2D eigenvalue weighted by Crippen LogP contribution is -2.51. The highest BCUT2D eigenvalue weighted by atomic mass is 35.5. The third-order valence-electron chi connectivity index (χ3n) is 5.63. The molecule has 0 radical (unpaired) electrons. The summed E-state index contributed by atoms with van der Waals surface area (Å²) in [5, 5.41) is 11.8. The van der Waals surface area contributed by atoms with Gasteiger partial charge in [0.1, 0.15) is 17.1 Å². The summed E-state index contributed by atoms with van der Waals surface area (Å²) in [6.45, 7) is 4.72. The Hall–Kier alpha value is -3.07. The number of likely N-dealkylation sites (tertiary alicyclic amines) is 1. The largest absolute Gasteiger partial charge is 0.352 e. The van der Waals surface area contributed by atoms with Crippen LogP contribution in [0.3, 0.4) is 0 Å². The fraction of sp³-hybridized carbons (Fsp3) is 0.381. The van der Waals surface area contributed by atoms with Crippen molar-refractivity contribution >= 4 is 23.5 Å². The third kappa shape index (κ3) is 4.36. The van der Waals surface area contributed by atoms with E-state index in [1.165, 1.54) is 29.6 Å². The Labute approximate surface area is 184 Å². The zero-order valence-electron chi connectivity index (χ0n) is 17.3. The van der Waals surface area contributed by atoms with Gasteiger partial charge in [0.15, 0.2) is 0 Å². The Morgan fingerprint density at radius 1 is 1.26 bits per heavy atom. The first-order valence-electron chi connectivity index (χ1n) is 10.1. The van der Waals surface area contributed by atoms with Crippen molar-refractivity contribution in [3.05, 3.63) is 58.9 Å². The number of carbonyl (C=O) groups excluding carboxylic acids is 1. The van der Waals surface area contributed by atoms with Gasteiger partial charge in [-0.1, -0.05) is 24.6 Å². The molecule has 3 heterocycles. The molecule has 0 spiro atoms. The van der Waals surface area contributed by atoms with E-state index < -0.39 is 5.82 Å². The second-order valence-corrected chi connectivity index (χ2v) is 8.14. The third-order valence-corrected chi connectivity index (χ3v) is 5.82. The average molecular weight is 444 g/mol. The van der Waals surface area contributed by atoms with Crippen molar-refractivity contribution in [1.82, 2.24) is 29.9 Å². The van der Waals surface area contributed by atoms with Crippen LogP contribution in [0.5, 0.6) is 0 Å². The summed E-state index contributed by atoms with van der Waals surface area (Å²) in [5.74, 6) is -0.274. The van der Waals surface area contributed by atoms with Crippen LogP contribution in [0.15, 0.2) is 36.9 Å². The number of piperidine rings is 1. The highest BCUT2D eigenvalue weighted by Gasteiger charge is 2.35. The summed E-state index contributed by atoms with van der Waals surface area (Å²) in [7, 11) is 0. The molecule has 2 atom stereocenters. The number of nitrogens with one attached hydrogen (secondary N) is 1. The van der Waals surface area contributed by atoms with Crippen LogP contribution in [0.1, 0.15) is 35.7 Å². The first-order valence-corrected chi connectivity index (χ1v) is 10.5. The molecule has 0 bridgehead atoms. The number of halogens is 2. The van der Waals surface area contributed by atoms with Crippen LogP contribution in [0.2, 0.25) is 5.02 Å². The second-order valence-electron chi connectivity index (χ2n) is 7.70. The number of anilines is 1. The van der Waals surface area contributed by atoms with Crippen molar-refractivity contribution in [2.45, 2.75) is 32.7 Å². The predicted octanol–water partition coefficient (Wildman–Crippen LogP) is 3.51. The fourth-order valence-electron chi connectivity index (χ4n) is 3.94. The van der Waals surface area contributed by atoms with Crippen molar-refractivity contribution in [2.75, 3.05) is 18.4 Å². The maximum Gasteiger partial charge on any atom is 0.259 e. The van der Waals surface area contributed by atoms with E-state index in [4.69, 9.17) is 11.6 Å². The molecule has 1 aliphatic heterocycles. The van der Waals surface area contributed by atoms with Gasteiger partial charge in [0.05, 0.1) is 35.9 Å². The monoisotopic (exact) mass is 443 g/mol. The number of aryl methyl sites for hydroxylation is 1. The van der Waals surface area contributed by atoms with Crippen LogP contribution in [0, 0.1) is 18.7 Å². The summed E-state index contributed by atoms with van der Waals surface area (Å²) in [6, 6.07) is 3.15. The molecule has 1 saturated heterocycles. The Morgan fingerprint density at radius 2 is 1.97 bits per heavy atom. The SMILES string of the molecule is Cc1ccc(-n2nccn2)c(C(=O)N2CCCC(C)C2CNc2ncc(Cl)cn2)c1F. The van der Waals surface area contributed by atoms with Crippen LogP contribution >= 0.6 is 11.6 Å². The molecule has 0 saturated carbocycles. The summed E-state index contributed by atoms with van der Waals surface area (Å²) in [6.07, 6.45) is 7.83. The molecule has 2 aromatic heterocycles. The van der Waals surface area contributed by atoms with E-state index in [0.717, 1.165) is 12.8 Å². The van der Waals surface area contributed by atoms with Crippen molar-refractivity contribution in [1.29, 1.82) is 0 Å². The maximum absolute atomic E-state index is 15.2. The lowest BCUT2D eigenvalue weighted by atomic mass is 9.89. The van der Waals surface area contributed by atoms with Gasteiger partial charge in [-0.2, -0.15) is 15.0 Å². The number of carbonyl (C=O) groups is 1. The molecule has 1 aromatic carbocycles. The van der Waals surface area contributed by atoms with Crippen LogP contribution < -0.4 is 5.32 Å². The van der Waals surface area contributed by atoms with Gasteiger partial charge >= 0.3 is 0 Å². The molecule has 31 heavy (non-hydrogen) atoms. The molecule has 8 nitrogen and oxygen atoms in total. The summed E-state index contributed by atoms with van der Waals surface area (Å²) in [5.41, 5.74) is 0.704. The standard InChI is InChI=1S/C21H23ClFN7O/c1-13-4-3-9-29(17(13)12-26-21-24-10-15(22)11-25-21)20(31)18-16(30-27-7-8-28-30)6-5-14(2)19(18)23/h5-8,10-11,13,17H,3-4,9,12H2,1-2H3,(H,24,25,26). The quantitative estimate of drug-likeness (QED) is 0.649. The van der Waals surface area contributed by atoms with E-state index in [2.05, 4.69) is 32.4 Å². The van der Waals surface area contributed by atoms with E-state index in [1.807, 2.05) is 0 Å². The smallest absolute Gasteiger partial charge is 0.259 e. The topological polar surface area (TPSA) is 88.8 Å². The average Bonchev–Trinajstić information content (AvgIpc) is 3.30. The van der Waals surface area contributed by atoms with Gasteiger partial charge in [-0.25, -0.2) is 14.4 Å². The minimum Gasteiger partial charge on any atom is -0.352 e. The summed E-state index contributed by atoms with van der Waals surface area (Å²) < 4.78 is 15.2. The number of hydrogen-bond acceptors (Lipinski definition) is 6. The lowest BCUT2D eigenvalue weighted by Gasteiger charge is -2.40. The van der Waals surface area contributed by atoms with Gasteiger partial charge < -0.3 is 10.2 Å². The van der Waals surface area contributed by atoms with Gasteiger partial charge in [0.25, 0.3) is 5.91 Å². The normalized spacial score (nSPS) is 18.8. The van der Waals surface area contributed by atoms with Gasteiger partial charge in [-0.3, -0.25) is 4.79 Å². The molecule has 1 amide bonds. The zero-order chi connectivity index (χ0) is 22.0. The number of hydrogen-bond donors (Lipinski definition) is 1. The molecule has 4 rings (SSSR count). The Kier molecular flexibility index (Phi) is 6.13. The van der Waals surface area contributed by atoms with E-state index in [9.17, 15) is 4.79 Å².